The number of hydrogen-bond acceptors (Lipinski definition) is 8. The van der Waals surface area contributed by atoms with Gasteiger partial charge in [-0.15, -0.1) is 0 Å². The van der Waals surface area contributed by atoms with E-state index in [9.17, 15) is 19.2 Å². The fourth-order valence-electron chi connectivity index (χ4n) is 8.45. The fraction of sp³-hybridized carbons (Fsp3) is 0.346. The van der Waals surface area contributed by atoms with Crippen molar-refractivity contribution in [3.63, 3.8) is 0 Å². The van der Waals surface area contributed by atoms with Crippen LogP contribution in [0.4, 0.5) is 5.69 Å². The Kier molecular flexibility index (Phi) is 16.0. The highest BCUT2D eigenvalue weighted by Gasteiger charge is 2.30. The predicted octanol–water partition coefficient (Wildman–Crippen LogP) is 8.46. The minimum absolute atomic E-state index is 0.0680. The maximum Gasteiger partial charge on any atom is 0.258 e. The van der Waals surface area contributed by atoms with E-state index < -0.39 is 18.0 Å². The molecule has 340 valence electrons. The van der Waals surface area contributed by atoms with Gasteiger partial charge in [0.25, 0.3) is 5.91 Å². The molecule has 4 heterocycles. The summed E-state index contributed by atoms with van der Waals surface area (Å²) in [5.74, 6) is 0.780. The van der Waals surface area contributed by atoms with Crippen molar-refractivity contribution in [1.29, 1.82) is 0 Å². The van der Waals surface area contributed by atoms with Crippen LogP contribution in [-0.4, -0.2) is 55.5 Å². The van der Waals surface area contributed by atoms with Crippen molar-refractivity contribution in [2.24, 2.45) is 5.92 Å². The Morgan fingerprint density at radius 3 is 2.09 bits per heavy atom. The molecule has 1 saturated carbocycles. The van der Waals surface area contributed by atoms with Gasteiger partial charge in [-0.1, -0.05) is 84.4 Å². The molecule has 65 heavy (non-hydrogen) atoms. The molecular weight excluding hydrogens is 842 g/mol. The molecule has 5 aromatic carbocycles. The third-order valence-electron chi connectivity index (χ3n) is 11.9. The molecule has 4 amide bonds. The number of carbonyl (C=O) groups is 4. The number of ether oxygens (including phenoxy) is 3. The van der Waals surface area contributed by atoms with E-state index in [-0.39, 0.29) is 49.1 Å². The van der Waals surface area contributed by atoms with Gasteiger partial charge in [0.15, 0.2) is 18.1 Å². The normalized spacial score (nSPS) is 20.1. The molecule has 0 radical (unpaired) electrons. The number of carbonyl (C=O) groups excluding carboxylic acids is 4. The standard InChI is InChI=1S/C52H58ClN5O7/c1-4-63-45-30-43(65-42-25-33(2)48(53)34(3)26-42)29-39-31-55-40-19-15-35(16-20-40)23-24-54-51(61)44(27-36-11-7-5-8-12-36)57-52(62)49(38-13-9-6-10-14-38)58-46(59)28-37-17-21-41(22-18-37)56-47(60)32-64-50(39)45/h5-16,19-20,25-26,29-30,37,41,44,49,55H,4,17-18,21-24,27-28,31-32H2,1-3H3,(H,54,61)(H,56,60)(H,57,62)(H,58,59)/t37?,41?,44-,49+/m1/s1. The average Bonchev–Trinajstić information content (AvgIpc) is 3.30. The summed E-state index contributed by atoms with van der Waals surface area (Å²) in [5.41, 5.74) is 5.84. The summed E-state index contributed by atoms with van der Waals surface area (Å²) in [4.78, 5) is 55.1. The minimum atomic E-state index is -1.01. The number of rotatable bonds is 7. The lowest BCUT2D eigenvalue weighted by Crippen LogP contribution is -2.52. The van der Waals surface area contributed by atoms with Crippen LogP contribution < -0.4 is 40.8 Å². The van der Waals surface area contributed by atoms with Crippen LogP contribution in [0.5, 0.6) is 23.0 Å². The van der Waals surface area contributed by atoms with Gasteiger partial charge in [0.1, 0.15) is 23.6 Å². The first-order valence-corrected chi connectivity index (χ1v) is 22.8. The number of anilines is 1. The van der Waals surface area contributed by atoms with Crippen LogP contribution in [0, 0.1) is 19.8 Å². The maximum atomic E-state index is 14.1. The molecule has 0 unspecified atom stereocenters. The van der Waals surface area contributed by atoms with Gasteiger partial charge in [-0.3, -0.25) is 19.2 Å². The first-order chi connectivity index (χ1) is 31.5. The molecule has 4 bridgehead atoms. The van der Waals surface area contributed by atoms with Crippen LogP contribution in [0.2, 0.25) is 5.02 Å². The number of hydrogen-bond donors (Lipinski definition) is 5. The number of aryl methyl sites for hydroxylation is 2. The Labute approximate surface area is 386 Å². The molecule has 0 spiro atoms. The lowest BCUT2D eigenvalue weighted by molar-refractivity contribution is -0.132. The quantitative estimate of drug-likeness (QED) is 0.109. The lowest BCUT2D eigenvalue weighted by atomic mass is 9.84. The number of benzene rings is 5. The molecule has 0 aromatic heterocycles. The molecule has 2 atom stereocenters. The summed E-state index contributed by atoms with van der Waals surface area (Å²) >= 11 is 6.46. The van der Waals surface area contributed by atoms with E-state index in [0.29, 0.717) is 72.5 Å². The molecule has 5 aromatic rings. The molecule has 4 aliphatic heterocycles. The zero-order valence-corrected chi connectivity index (χ0v) is 38.0. The van der Waals surface area contributed by atoms with Gasteiger partial charge in [-0.2, -0.15) is 0 Å². The van der Waals surface area contributed by atoms with Crippen LogP contribution >= 0.6 is 11.6 Å². The lowest BCUT2D eigenvalue weighted by Gasteiger charge is -2.29. The highest BCUT2D eigenvalue weighted by atomic mass is 35.5. The number of halogens is 1. The molecule has 13 heteroatoms. The van der Waals surface area contributed by atoms with Crippen molar-refractivity contribution in [2.75, 3.05) is 25.1 Å². The molecule has 0 saturated heterocycles. The zero-order valence-electron chi connectivity index (χ0n) is 37.2. The monoisotopic (exact) mass is 899 g/mol. The summed E-state index contributed by atoms with van der Waals surface area (Å²) < 4.78 is 18.8. The van der Waals surface area contributed by atoms with Crippen molar-refractivity contribution in [1.82, 2.24) is 21.3 Å². The third kappa shape index (κ3) is 13.0. The van der Waals surface area contributed by atoms with Gasteiger partial charge < -0.3 is 40.8 Å². The van der Waals surface area contributed by atoms with Crippen molar-refractivity contribution in [2.45, 2.75) is 90.4 Å². The van der Waals surface area contributed by atoms with Crippen molar-refractivity contribution in [3.05, 3.63) is 148 Å². The summed E-state index contributed by atoms with van der Waals surface area (Å²) in [6.45, 7) is 6.53. The van der Waals surface area contributed by atoms with E-state index in [1.54, 1.807) is 18.2 Å². The minimum Gasteiger partial charge on any atom is -0.490 e. The second-order valence-electron chi connectivity index (χ2n) is 16.8. The summed E-state index contributed by atoms with van der Waals surface area (Å²) in [6, 6.07) is 31.9. The average molecular weight is 901 g/mol. The van der Waals surface area contributed by atoms with E-state index in [1.165, 1.54) is 0 Å². The van der Waals surface area contributed by atoms with Crippen LogP contribution in [0.1, 0.15) is 78.5 Å². The highest BCUT2D eigenvalue weighted by molar-refractivity contribution is 6.32. The zero-order chi connectivity index (χ0) is 45.7. The first-order valence-electron chi connectivity index (χ1n) is 22.5. The predicted molar refractivity (Wildman–Crippen MR) is 252 cm³/mol. The fourth-order valence-corrected chi connectivity index (χ4v) is 8.56. The summed E-state index contributed by atoms with van der Waals surface area (Å²) in [6.07, 6.45) is 3.86. The van der Waals surface area contributed by atoms with E-state index in [2.05, 4.69) is 26.6 Å². The van der Waals surface area contributed by atoms with E-state index in [0.717, 1.165) is 46.3 Å². The van der Waals surface area contributed by atoms with E-state index in [4.69, 9.17) is 25.8 Å². The molecule has 1 aliphatic carbocycles. The number of amides is 4. The van der Waals surface area contributed by atoms with Gasteiger partial charge >= 0.3 is 0 Å². The van der Waals surface area contributed by atoms with Crippen molar-refractivity contribution in [3.8, 4) is 23.0 Å². The molecule has 12 nitrogen and oxygen atoms in total. The van der Waals surface area contributed by atoms with Crippen LogP contribution in [0.15, 0.2) is 109 Å². The van der Waals surface area contributed by atoms with Crippen LogP contribution in [0.25, 0.3) is 0 Å². The summed E-state index contributed by atoms with van der Waals surface area (Å²) in [7, 11) is 0. The second-order valence-corrected chi connectivity index (χ2v) is 17.2. The molecule has 5 N–H and O–H groups in total. The van der Waals surface area contributed by atoms with Gasteiger partial charge in [-0.25, -0.2) is 0 Å². The Hall–Kier alpha value is -6.53. The largest absolute Gasteiger partial charge is 0.490 e. The molecule has 1 fully saturated rings. The van der Waals surface area contributed by atoms with Crippen molar-refractivity contribution >= 4 is 40.9 Å². The van der Waals surface area contributed by atoms with E-state index in [1.807, 2.05) is 112 Å². The van der Waals surface area contributed by atoms with Gasteiger partial charge in [0.2, 0.25) is 17.7 Å². The van der Waals surface area contributed by atoms with Crippen LogP contribution in [0.3, 0.4) is 0 Å². The van der Waals surface area contributed by atoms with Gasteiger partial charge in [-0.05, 0) is 117 Å². The van der Waals surface area contributed by atoms with E-state index >= 15 is 0 Å². The summed E-state index contributed by atoms with van der Waals surface area (Å²) in [5, 5.41) is 16.3. The maximum absolute atomic E-state index is 14.1. The molecule has 5 aliphatic rings. The molecule has 10 rings (SSSR count). The van der Waals surface area contributed by atoms with Gasteiger partial charge in [0.05, 0.1) is 6.61 Å². The third-order valence-corrected chi connectivity index (χ3v) is 12.4. The van der Waals surface area contributed by atoms with Crippen molar-refractivity contribution < 1.29 is 33.4 Å². The smallest absolute Gasteiger partial charge is 0.258 e. The number of nitrogens with one attached hydrogen (secondary N) is 5. The highest BCUT2D eigenvalue weighted by Crippen LogP contribution is 2.39. The van der Waals surface area contributed by atoms with Gasteiger partial charge in [0, 0.05) is 54.3 Å². The Morgan fingerprint density at radius 2 is 1.40 bits per heavy atom. The Bertz CT molecular complexity index is 2400. The molecular formula is C52H58ClN5O7. The Balaban J connectivity index is 1.14. The Morgan fingerprint density at radius 1 is 0.723 bits per heavy atom. The van der Waals surface area contributed by atoms with Crippen LogP contribution in [-0.2, 0) is 38.6 Å². The second kappa shape index (κ2) is 22.4. The SMILES string of the molecule is CCOc1cc(Oc2cc(C)c(Cl)c(C)c2)cc2c1OCC(=O)NC1CCC(CC1)CC(=O)N[C@@H](c1ccccc1)C(=O)N[C@H](Cc1ccccc1)C(=O)NCCc1ccc(cc1)NC2. The first kappa shape index (κ1) is 46.5. The topological polar surface area (TPSA) is 156 Å².